The van der Waals surface area contributed by atoms with E-state index in [2.05, 4.69) is 36.5 Å². The summed E-state index contributed by atoms with van der Waals surface area (Å²) >= 11 is 0. The second-order valence-electron chi connectivity index (χ2n) is 4.04. The van der Waals surface area contributed by atoms with E-state index in [0.29, 0.717) is 5.56 Å². The number of benzene rings is 2. The van der Waals surface area contributed by atoms with E-state index in [9.17, 15) is 4.79 Å². The second kappa shape index (κ2) is 5.30. The molecule has 2 aromatic carbocycles. The lowest BCUT2D eigenvalue weighted by Gasteiger charge is -2.08. The summed E-state index contributed by atoms with van der Waals surface area (Å²) in [5.41, 5.74) is 4.03. The number of carbonyl (C=O) groups is 1. The number of para-hydroxylation sites is 1. The lowest BCUT2D eigenvalue weighted by atomic mass is 10.1. The maximum Gasteiger partial charge on any atom is 0.152 e. The Hall–Kier alpha value is -2.09. The van der Waals surface area contributed by atoms with Crippen molar-refractivity contribution in [2.45, 2.75) is 13.5 Å². The standard InChI is InChI=1S/C15H15NO/c1-12-6-8-13(9-7-12)10-16-15-5-3-2-4-14(15)11-17/h2-9,11,16H,10H2,1H3. The Balaban J connectivity index is 2.07. The Labute approximate surface area is 101 Å². The molecule has 0 radical (unpaired) electrons. The first kappa shape index (κ1) is 11.4. The van der Waals surface area contributed by atoms with Gasteiger partial charge in [-0.2, -0.15) is 0 Å². The van der Waals surface area contributed by atoms with Gasteiger partial charge < -0.3 is 5.32 Å². The molecule has 0 aliphatic heterocycles. The predicted molar refractivity (Wildman–Crippen MR) is 70.3 cm³/mol. The first-order chi connectivity index (χ1) is 8.29. The van der Waals surface area contributed by atoms with Gasteiger partial charge in [-0.15, -0.1) is 0 Å². The van der Waals surface area contributed by atoms with Crippen molar-refractivity contribution in [1.82, 2.24) is 0 Å². The number of hydrogen-bond acceptors (Lipinski definition) is 2. The summed E-state index contributed by atoms with van der Waals surface area (Å²) in [5, 5.41) is 3.27. The van der Waals surface area contributed by atoms with Crippen molar-refractivity contribution in [2.75, 3.05) is 5.32 Å². The summed E-state index contributed by atoms with van der Waals surface area (Å²) in [6, 6.07) is 15.9. The van der Waals surface area contributed by atoms with Crippen LogP contribution in [0.1, 0.15) is 21.5 Å². The van der Waals surface area contributed by atoms with E-state index in [1.54, 1.807) is 0 Å². The number of anilines is 1. The fourth-order valence-corrected chi connectivity index (χ4v) is 1.66. The molecule has 2 nitrogen and oxygen atoms in total. The highest BCUT2D eigenvalue weighted by Gasteiger charge is 1.99. The second-order valence-corrected chi connectivity index (χ2v) is 4.04. The number of aryl methyl sites for hydroxylation is 1. The molecule has 0 aliphatic rings. The van der Waals surface area contributed by atoms with Gasteiger partial charge in [-0.3, -0.25) is 4.79 Å². The zero-order chi connectivity index (χ0) is 12.1. The van der Waals surface area contributed by atoms with Crippen molar-refractivity contribution >= 4 is 12.0 Å². The molecule has 0 amide bonds. The average molecular weight is 225 g/mol. The Morgan fingerprint density at radius 3 is 2.47 bits per heavy atom. The van der Waals surface area contributed by atoms with Crippen LogP contribution >= 0.6 is 0 Å². The van der Waals surface area contributed by atoms with Crippen molar-refractivity contribution in [3.63, 3.8) is 0 Å². The molecule has 86 valence electrons. The van der Waals surface area contributed by atoms with Crippen LogP contribution in [0, 0.1) is 6.92 Å². The van der Waals surface area contributed by atoms with E-state index >= 15 is 0 Å². The average Bonchev–Trinajstić information content (AvgIpc) is 2.38. The van der Waals surface area contributed by atoms with Gasteiger partial charge in [0.05, 0.1) is 0 Å². The maximum absolute atomic E-state index is 10.8. The summed E-state index contributed by atoms with van der Waals surface area (Å²) in [6.07, 6.45) is 0.872. The van der Waals surface area contributed by atoms with Crippen LogP contribution in [0.15, 0.2) is 48.5 Å². The van der Waals surface area contributed by atoms with Crippen LogP contribution in [0.4, 0.5) is 5.69 Å². The normalized spacial score (nSPS) is 9.94. The van der Waals surface area contributed by atoms with Gasteiger partial charge in [-0.1, -0.05) is 42.0 Å². The van der Waals surface area contributed by atoms with Crippen molar-refractivity contribution in [2.24, 2.45) is 0 Å². The van der Waals surface area contributed by atoms with Gasteiger partial charge in [0.25, 0.3) is 0 Å². The molecule has 0 atom stereocenters. The van der Waals surface area contributed by atoms with E-state index in [4.69, 9.17) is 0 Å². The van der Waals surface area contributed by atoms with Gasteiger partial charge in [0, 0.05) is 17.8 Å². The van der Waals surface area contributed by atoms with Gasteiger partial charge in [-0.25, -0.2) is 0 Å². The molecule has 2 heteroatoms. The number of nitrogens with one attached hydrogen (secondary N) is 1. The summed E-state index contributed by atoms with van der Waals surface area (Å²) in [7, 11) is 0. The topological polar surface area (TPSA) is 29.1 Å². The van der Waals surface area contributed by atoms with Gasteiger partial charge in [0.2, 0.25) is 0 Å². The lowest BCUT2D eigenvalue weighted by molar-refractivity contribution is 0.112. The molecule has 1 N–H and O–H groups in total. The highest BCUT2D eigenvalue weighted by atomic mass is 16.1. The van der Waals surface area contributed by atoms with Crippen molar-refractivity contribution < 1.29 is 4.79 Å². The summed E-state index contributed by atoms with van der Waals surface area (Å²) in [5.74, 6) is 0. The highest BCUT2D eigenvalue weighted by molar-refractivity contribution is 5.83. The number of carbonyl (C=O) groups excluding carboxylic acids is 1. The van der Waals surface area contributed by atoms with Crippen molar-refractivity contribution in [3.8, 4) is 0 Å². The lowest BCUT2D eigenvalue weighted by Crippen LogP contribution is -2.01. The predicted octanol–water partition coefficient (Wildman–Crippen LogP) is 3.42. The Bertz CT molecular complexity index is 503. The van der Waals surface area contributed by atoms with Gasteiger partial charge in [-0.05, 0) is 24.6 Å². The molecule has 2 rings (SSSR count). The van der Waals surface area contributed by atoms with Gasteiger partial charge >= 0.3 is 0 Å². The minimum atomic E-state index is 0.694. The van der Waals surface area contributed by atoms with E-state index < -0.39 is 0 Å². The molecule has 0 heterocycles. The molecule has 0 fully saturated rings. The van der Waals surface area contributed by atoms with Crippen LogP contribution < -0.4 is 5.32 Å². The number of aldehydes is 1. The third-order valence-corrected chi connectivity index (χ3v) is 2.69. The first-order valence-corrected chi connectivity index (χ1v) is 5.63. The molecule has 0 aromatic heterocycles. The molecule has 0 spiro atoms. The molecule has 0 bridgehead atoms. The van der Waals surface area contributed by atoms with E-state index in [0.717, 1.165) is 18.5 Å². The highest BCUT2D eigenvalue weighted by Crippen LogP contribution is 2.14. The van der Waals surface area contributed by atoms with Crippen molar-refractivity contribution in [3.05, 3.63) is 65.2 Å². The molecule has 0 saturated heterocycles. The molecular formula is C15H15NO. The van der Waals surface area contributed by atoms with Crippen LogP contribution in [0.3, 0.4) is 0 Å². The van der Waals surface area contributed by atoms with E-state index in [1.165, 1.54) is 11.1 Å². The monoisotopic (exact) mass is 225 g/mol. The Kier molecular flexibility index (Phi) is 3.55. The Morgan fingerprint density at radius 1 is 1.06 bits per heavy atom. The van der Waals surface area contributed by atoms with Crippen LogP contribution in [0.2, 0.25) is 0 Å². The minimum Gasteiger partial charge on any atom is -0.380 e. The third-order valence-electron chi connectivity index (χ3n) is 2.69. The summed E-state index contributed by atoms with van der Waals surface area (Å²) < 4.78 is 0. The number of rotatable bonds is 4. The van der Waals surface area contributed by atoms with E-state index in [1.807, 2.05) is 24.3 Å². The van der Waals surface area contributed by atoms with Crippen LogP contribution in [0.25, 0.3) is 0 Å². The minimum absolute atomic E-state index is 0.694. The third kappa shape index (κ3) is 2.94. The molecule has 0 aliphatic carbocycles. The number of hydrogen-bond donors (Lipinski definition) is 1. The van der Waals surface area contributed by atoms with Crippen LogP contribution in [-0.2, 0) is 6.54 Å². The molecule has 0 saturated carbocycles. The van der Waals surface area contributed by atoms with Gasteiger partial charge in [0.15, 0.2) is 6.29 Å². The fraction of sp³-hybridized carbons (Fsp3) is 0.133. The van der Waals surface area contributed by atoms with Crippen LogP contribution in [0.5, 0.6) is 0 Å². The fourth-order valence-electron chi connectivity index (χ4n) is 1.66. The van der Waals surface area contributed by atoms with Gasteiger partial charge in [0.1, 0.15) is 0 Å². The van der Waals surface area contributed by atoms with Crippen molar-refractivity contribution in [1.29, 1.82) is 0 Å². The Morgan fingerprint density at radius 2 is 1.76 bits per heavy atom. The van der Waals surface area contributed by atoms with E-state index in [-0.39, 0.29) is 0 Å². The molecule has 2 aromatic rings. The summed E-state index contributed by atoms with van der Waals surface area (Å²) in [6.45, 7) is 2.80. The first-order valence-electron chi connectivity index (χ1n) is 5.63. The largest absolute Gasteiger partial charge is 0.380 e. The zero-order valence-corrected chi connectivity index (χ0v) is 9.81. The molecule has 17 heavy (non-hydrogen) atoms. The quantitative estimate of drug-likeness (QED) is 0.808. The molecule has 0 unspecified atom stereocenters. The van der Waals surface area contributed by atoms with Crippen LogP contribution in [-0.4, -0.2) is 6.29 Å². The maximum atomic E-state index is 10.8. The molecular weight excluding hydrogens is 210 g/mol. The SMILES string of the molecule is Cc1ccc(CNc2ccccc2C=O)cc1. The summed E-state index contributed by atoms with van der Waals surface area (Å²) in [4.78, 5) is 10.8. The zero-order valence-electron chi connectivity index (χ0n) is 9.81. The smallest absolute Gasteiger partial charge is 0.152 e.